The minimum absolute atomic E-state index is 0.0327. The fourth-order valence-electron chi connectivity index (χ4n) is 2.82. The zero-order valence-corrected chi connectivity index (χ0v) is 11.7. The van der Waals surface area contributed by atoms with Gasteiger partial charge in [-0.25, -0.2) is 9.78 Å². The van der Waals surface area contributed by atoms with Crippen molar-refractivity contribution in [3.63, 3.8) is 0 Å². The second-order valence-corrected chi connectivity index (χ2v) is 5.28. The fourth-order valence-corrected chi connectivity index (χ4v) is 2.82. The molecule has 4 heteroatoms. The molecule has 0 radical (unpaired) electrons. The number of carbonyl (C=O) groups is 1. The summed E-state index contributed by atoms with van der Waals surface area (Å²) in [5.41, 5.74) is 2.82. The first-order valence-corrected chi connectivity index (χ1v) is 7.14. The molecule has 4 nitrogen and oxygen atoms in total. The van der Waals surface area contributed by atoms with Crippen molar-refractivity contribution in [1.82, 2.24) is 4.98 Å². The molecular formula is C17H17NO3. The monoisotopic (exact) mass is 283 g/mol. The number of fused-ring (bicyclic) bond motifs is 1. The highest BCUT2D eigenvalue weighted by molar-refractivity contribution is 5.85. The lowest BCUT2D eigenvalue weighted by molar-refractivity contribution is 0.0690. The van der Waals surface area contributed by atoms with Crippen LogP contribution in [-0.4, -0.2) is 22.7 Å². The number of hydrogen-bond acceptors (Lipinski definition) is 3. The lowest BCUT2D eigenvalue weighted by atomic mass is 9.83. The summed E-state index contributed by atoms with van der Waals surface area (Å²) >= 11 is 0. The Bertz CT molecular complexity index is 637. The maximum absolute atomic E-state index is 10.8. The van der Waals surface area contributed by atoms with Crippen LogP contribution in [0.5, 0.6) is 5.75 Å². The van der Waals surface area contributed by atoms with Gasteiger partial charge in [-0.2, -0.15) is 0 Å². The van der Waals surface area contributed by atoms with Crippen molar-refractivity contribution in [2.75, 3.05) is 6.61 Å². The van der Waals surface area contributed by atoms with Crippen molar-refractivity contribution < 1.29 is 14.6 Å². The van der Waals surface area contributed by atoms with E-state index in [1.807, 2.05) is 0 Å². The van der Waals surface area contributed by atoms with E-state index in [1.165, 1.54) is 29.8 Å². The van der Waals surface area contributed by atoms with Gasteiger partial charge in [-0.3, -0.25) is 0 Å². The summed E-state index contributed by atoms with van der Waals surface area (Å²) in [6.45, 7) is 0.602. The van der Waals surface area contributed by atoms with E-state index < -0.39 is 5.97 Å². The molecule has 1 N–H and O–H groups in total. The Hall–Kier alpha value is -2.36. The van der Waals surface area contributed by atoms with Crippen molar-refractivity contribution in [1.29, 1.82) is 0 Å². The van der Waals surface area contributed by atoms with Crippen molar-refractivity contribution in [2.45, 2.75) is 25.2 Å². The van der Waals surface area contributed by atoms with Crippen molar-refractivity contribution >= 4 is 5.97 Å². The van der Waals surface area contributed by atoms with Crippen LogP contribution in [0.4, 0.5) is 0 Å². The van der Waals surface area contributed by atoms with Gasteiger partial charge in [0.25, 0.3) is 0 Å². The maximum Gasteiger partial charge on any atom is 0.354 e. The third-order valence-corrected chi connectivity index (χ3v) is 3.90. The smallest absolute Gasteiger partial charge is 0.354 e. The Morgan fingerprint density at radius 1 is 1.29 bits per heavy atom. The lowest BCUT2D eigenvalue weighted by Gasteiger charge is -2.25. The summed E-state index contributed by atoms with van der Waals surface area (Å²) in [6, 6.07) is 11.6. The molecule has 0 saturated carbocycles. The molecule has 1 aliphatic rings. The van der Waals surface area contributed by atoms with Gasteiger partial charge in [0.15, 0.2) is 0 Å². The summed E-state index contributed by atoms with van der Waals surface area (Å²) in [7, 11) is 0. The number of carboxylic acid groups (broad SMARTS) is 1. The molecule has 0 saturated heterocycles. The molecule has 0 amide bonds. The molecule has 1 atom stereocenters. The van der Waals surface area contributed by atoms with Crippen LogP contribution >= 0.6 is 0 Å². The minimum Gasteiger partial charge on any atom is -0.491 e. The van der Waals surface area contributed by atoms with Gasteiger partial charge in [0.1, 0.15) is 11.4 Å². The largest absolute Gasteiger partial charge is 0.491 e. The average Bonchev–Trinajstić information content (AvgIpc) is 2.53. The van der Waals surface area contributed by atoms with Crippen molar-refractivity contribution in [3.8, 4) is 5.75 Å². The molecule has 0 aliphatic heterocycles. The van der Waals surface area contributed by atoms with Crippen LogP contribution in [0.3, 0.4) is 0 Å². The highest BCUT2D eigenvalue weighted by Gasteiger charge is 2.20. The molecular weight excluding hydrogens is 266 g/mol. The molecule has 0 spiro atoms. The summed E-state index contributed by atoms with van der Waals surface area (Å²) < 4.78 is 5.78. The highest BCUT2D eigenvalue weighted by Crippen LogP contribution is 2.31. The average molecular weight is 283 g/mol. The molecule has 21 heavy (non-hydrogen) atoms. The van der Waals surface area contributed by atoms with Gasteiger partial charge in [0.05, 0.1) is 12.8 Å². The van der Waals surface area contributed by atoms with E-state index in [0.717, 1.165) is 12.8 Å². The molecule has 0 fully saturated rings. The van der Waals surface area contributed by atoms with Gasteiger partial charge in [-0.05, 0) is 42.5 Å². The molecule has 1 aromatic carbocycles. The topological polar surface area (TPSA) is 59.4 Å². The summed E-state index contributed by atoms with van der Waals surface area (Å²) in [4.78, 5) is 14.6. The number of rotatable bonds is 4. The van der Waals surface area contributed by atoms with Gasteiger partial charge >= 0.3 is 5.97 Å². The van der Waals surface area contributed by atoms with Crippen LogP contribution in [0, 0.1) is 0 Å². The van der Waals surface area contributed by atoms with Gasteiger partial charge < -0.3 is 9.84 Å². The SMILES string of the molecule is O=C(O)c1ccc(OCC2CCCc3ccccc32)cn1. The molecule has 3 rings (SSSR count). The molecule has 108 valence electrons. The van der Waals surface area contributed by atoms with E-state index in [9.17, 15) is 4.79 Å². The third-order valence-electron chi connectivity index (χ3n) is 3.90. The molecule has 1 unspecified atom stereocenters. The zero-order chi connectivity index (χ0) is 14.7. The Kier molecular flexibility index (Phi) is 3.86. The summed E-state index contributed by atoms with van der Waals surface area (Å²) in [5.74, 6) is -0.0140. The summed E-state index contributed by atoms with van der Waals surface area (Å²) in [6.07, 6.45) is 4.92. The number of carboxylic acids is 1. The van der Waals surface area contributed by atoms with Crippen LogP contribution in [0.15, 0.2) is 42.6 Å². The Labute approximate surface area is 123 Å². The number of benzene rings is 1. The lowest BCUT2D eigenvalue weighted by Crippen LogP contribution is -2.16. The molecule has 2 aromatic rings. The molecule has 1 heterocycles. The van der Waals surface area contributed by atoms with Crippen LogP contribution in [0.1, 0.15) is 40.4 Å². The quantitative estimate of drug-likeness (QED) is 0.935. The molecule has 1 aromatic heterocycles. The normalized spacial score (nSPS) is 17.0. The van der Waals surface area contributed by atoms with Crippen molar-refractivity contribution in [3.05, 3.63) is 59.4 Å². The molecule has 1 aliphatic carbocycles. The van der Waals surface area contributed by atoms with E-state index in [0.29, 0.717) is 18.3 Å². The number of pyridine rings is 1. The first-order valence-electron chi connectivity index (χ1n) is 7.14. The fraction of sp³-hybridized carbons (Fsp3) is 0.294. The number of nitrogens with zero attached hydrogens (tertiary/aromatic N) is 1. The van der Waals surface area contributed by atoms with Crippen LogP contribution in [0.2, 0.25) is 0 Å². The second kappa shape index (κ2) is 5.95. The van der Waals surface area contributed by atoms with Crippen molar-refractivity contribution in [2.24, 2.45) is 0 Å². The Balaban J connectivity index is 1.67. The number of aromatic carboxylic acids is 1. The number of ether oxygens (including phenoxy) is 1. The van der Waals surface area contributed by atoms with E-state index in [-0.39, 0.29) is 5.69 Å². The highest BCUT2D eigenvalue weighted by atomic mass is 16.5. The molecule has 0 bridgehead atoms. The number of hydrogen-bond donors (Lipinski definition) is 1. The Morgan fingerprint density at radius 2 is 2.14 bits per heavy atom. The zero-order valence-electron chi connectivity index (χ0n) is 11.7. The summed E-state index contributed by atoms with van der Waals surface area (Å²) in [5, 5.41) is 8.82. The minimum atomic E-state index is -1.03. The standard InChI is InChI=1S/C17H17NO3/c19-17(20)16-9-8-14(10-18-16)21-11-13-6-3-5-12-4-1-2-7-15(12)13/h1-2,4,7-10,13H,3,5-6,11H2,(H,19,20). The van der Waals surface area contributed by atoms with E-state index >= 15 is 0 Å². The Morgan fingerprint density at radius 3 is 2.90 bits per heavy atom. The maximum atomic E-state index is 10.8. The van der Waals surface area contributed by atoms with E-state index in [2.05, 4.69) is 29.2 Å². The first-order chi connectivity index (χ1) is 10.2. The van der Waals surface area contributed by atoms with Gasteiger partial charge in [-0.15, -0.1) is 0 Å². The van der Waals surface area contributed by atoms with E-state index in [1.54, 1.807) is 6.07 Å². The van der Waals surface area contributed by atoms with Crippen LogP contribution < -0.4 is 4.74 Å². The second-order valence-electron chi connectivity index (χ2n) is 5.28. The van der Waals surface area contributed by atoms with Gasteiger partial charge in [0.2, 0.25) is 0 Å². The van der Waals surface area contributed by atoms with Gasteiger partial charge in [-0.1, -0.05) is 24.3 Å². The van der Waals surface area contributed by atoms with Crippen LogP contribution in [-0.2, 0) is 6.42 Å². The predicted molar refractivity (Wildman–Crippen MR) is 78.8 cm³/mol. The van der Waals surface area contributed by atoms with E-state index in [4.69, 9.17) is 9.84 Å². The number of aromatic nitrogens is 1. The first kappa shape index (κ1) is 13.6. The van der Waals surface area contributed by atoms with Crippen LogP contribution in [0.25, 0.3) is 0 Å². The van der Waals surface area contributed by atoms with Gasteiger partial charge in [0, 0.05) is 5.92 Å². The number of aryl methyl sites for hydroxylation is 1. The third kappa shape index (κ3) is 3.05. The predicted octanol–water partition coefficient (Wildman–Crippen LogP) is 3.28.